The van der Waals surface area contributed by atoms with Gasteiger partial charge in [-0.25, -0.2) is 0 Å². The van der Waals surface area contributed by atoms with Crippen LogP contribution in [0.15, 0.2) is 71.8 Å². The fourth-order valence-corrected chi connectivity index (χ4v) is 3.58. The number of carbonyl (C=O) groups excluding carboxylic acids is 2. The fourth-order valence-electron chi connectivity index (χ4n) is 2.48. The minimum atomic E-state index is -0.0759. The van der Waals surface area contributed by atoms with Gasteiger partial charge in [-0.05, 0) is 12.1 Å². The van der Waals surface area contributed by atoms with E-state index in [0.717, 1.165) is 5.03 Å². The van der Waals surface area contributed by atoms with Crippen molar-refractivity contribution in [2.75, 3.05) is 6.54 Å². The molecule has 2 aromatic carbocycles. The van der Waals surface area contributed by atoms with E-state index in [0.29, 0.717) is 17.7 Å². The van der Waals surface area contributed by atoms with Crippen molar-refractivity contribution in [3.05, 3.63) is 82.9 Å². The van der Waals surface area contributed by atoms with Crippen LogP contribution in [0.2, 0.25) is 0 Å². The molecule has 0 spiro atoms. The number of benzene rings is 2. The van der Waals surface area contributed by atoms with Crippen LogP contribution < -0.4 is 0 Å². The molecule has 1 atom stereocenters. The van der Waals surface area contributed by atoms with Crippen LogP contribution in [0.1, 0.15) is 27.6 Å². The molecule has 1 heterocycles. The Balaban J connectivity index is 1.87. The van der Waals surface area contributed by atoms with Crippen molar-refractivity contribution >= 4 is 23.5 Å². The van der Waals surface area contributed by atoms with Gasteiger partial charge in [-0.2, -0.15) is 0 Å². The van der Waals surface area contributed by atoms with Crippen molar-refractivity contribution in [1.29, 1.82) is 0 Å². The van der Waals surface area contributed by atoms with E-state index in [1.165, 1.54) is 0 Å². The molecule has 4 heteroatoms. The number of allylic oxidation sites excluding steroid dienone is 1. The molecule has 1 unspecified atom stereocenters. The van der Waals surface area contributed by atoms with Gasteiger partial charge in [0, 0.05) is 29.0 Å². The number of carbonyl (C=O) groups is 2. The summed E-state index contributed by atoms with van der Waals surface area (Å²) in [6.07, 6.45) is 1.57. The van der Waals surface area contributed by atoms with Crippen LogP contribution in [0.5, 0.6) is 0 Å². The third-order valence-corrected chi connectivity index (χ3v) is 4.74. The van der Waals surface area contributed by atoms with Gasteiger partial charge in [0.15, 0.2) is 5.78 Å². The van der Waals surface area contributed by atoms with E-state index in [4.69, 9.17) is 0 Å². The second-order valence-electron chi connectivity index (χ2n) is 5.42. The number of amides is 1. The van der Waals surface area contributed by atoms with E-state index in [1.807, 2.05) is 36.4 Å². The van der Waals surface area contributed by atoms with Crippen LogP contribution in [0.3, 0.4) is 0 Å². The summed E-state index contributed by atoms with van der Waals surface area (Å²) in [5, 5.41) is 0.998. The highest BCUT2D eigenvalue weighted by Gasteiger charge is 2.30. The van der Waals surface area contributed by atoms with Crippen LogP contribution in [0.4, 0.5) is 0 Å². The van der Waals surface area contributed by atoms with Crippen LogP contribution in [0, 0.1) is 0 Å². The van der Waals surface area contributed by atoms with Crippen molar-refractivity contribution in [1.82, 2.24) is 4.90 Å². The van der Waals surface area contributed by atoms with E-state index >= 15 is 0 Å². The number of nitrogens with zero attached hydrogens (tertiary/aromatic N) is 1. The molecule has 1 fully saturated rings. The third kappa shape index (κ3) is 3.54. The maximum absolute atomic E-state index is 12.7. The Morgan fingerprint density at radius 3 is 2.17 bits per heavy atom. The molecule has 0 saturated carbocycles. The zero-order chi connectivity index (χ0) is 16.2. The number of hydrogen-bond donors (Lipinski definition) is 0. The highest BCUT2D eigenvalue weighted by molar-refractivity contribution is 8.03. The van der Waals surface area contributed by atoms with Crippen LogP contribution in [0.25, 0.3) is 0 Å². The summed E-state index contributed by atoms with van der Waals surface area (Å²) in [5.74, 6) is -0.136. The molecule has 3 nitrogen and oxygen atoms in total. The summed E-state index contributed by atoms with van der Waals surface area (Å²) < 4.78 is 0. The van der Waals surface area contributed by atoms with Crippen molar-refractivity contribution in [3.8, 4) is 0 Å². The second kappa shape index (κ2) is 6.84. The van der Waals surface area contributed by atoms with Crippen molar-refractivity contribution in [2.45, 2.75) is 12.2 Å². The van der Waals surface area contributed by atoms with Crippen molar-refractivity contribution in [3.63, 3.8) is 0 Å². The third-order valence-electron chi connectivity index (χ3n) is 3.61. The van der Waals surface area contributed by atoms with Gasteiger partial charge < -0.3 is 4.90 Å². The SMILES string of the molecule is CC1CN(C(=O)c2ccccc2)/C(=C/C(=O)c2ccccc2)S1. The van der Waals surface area contributed by atoms with Gasteiger partial charge in [-0.1, -0.05) is 55.5 Å². The van der Waals surface area contributed by atoms with Gasteiger partial charge in [-0.15, -0.1) is 11.8 Å². The second-order valence-corrected chi connectivity index (χ2v) is 6.88. The Morgan fingerprint density at radius 2 is 1.57 bits per heavy atom. The largest absolute Gasteiger partial charge is 0.301 e. The molecule has 1 saturated heterocycles. The van der Waals surface area contributed by atoms with E-state index < -0.39 is 0 Å². The van der Waals surface area contributed by atoms with Gasteiger partial charge >= 0.3 is 0 Å². The predicted octanol–water partition coefficient (Wildman–Crippen LogP) is 3.99. The number of ketones is 1. The monoisotopic (exact) mass is 323 g/mol. The summed E-state index contributed by atoms with van der Waals surface area (Å²) in [5.41, 5.74) is 1.27. The molecule has 0 aliphatic carbocycles. The lowest BCUT2D eigenvalue weighted by atomic mass is 10.1. The van der Waals surface area contributed by atoms with Crippen LogP contribution in [-0.4, -0.2) is 28.4 Å². The highest BCUT2D eigenvalue weighted by Crippen LogP contribution is 2.35. The molecule has 116 valence electrons. The van der Waals surface area contributed by atoms with E-state index in [2.05, 4.69) is 6.92 Å². The van der Waals surface area contributed by atoms with Gasteiger partial charge in [-0.3, -0.25) is 9.59 Å². The first-order valence-electron chi connectivity index (χ1n) is 7.50. The zero-order valence-corrected chi connectivity index (χ0v) is 13.6. The summed E-state index contributed by atoms with van der Waals surface area (Å²) in [4.78, 5) is 26.8. The molecular weight excluding hydrogens is 306 g/mol. The average molecular weight is 323 g/mol. The quantitative estimate of drug-likeness (QED) is 0.633. The fraction of sp³-hybridized carbons (Fsp3) is 0.158. The summed E-state index contributed by atoms with van der Waals surface area (Å²) in [7, 11) is 0. The maximum Gasteiger partial charge on any atom is 0.258 e. The highest BCUT2D eigenvalue weighted by atomic mass is 32.2. The van der Waals surface area contributed by atoms with Crippen molar-refractivity contribution in [2.24, 2.45) is 0 Å². The average Bonchev–Trinajstić information content (AvgIpc) is 2.96. The number of thioether (sulfide) groups is 1. The molecule has 0 radical (unpaired) electrons. The van der Waals surface area contributed by atoms with Crippen LogP contribution >= 0.6 is 11.8 Å². The summed E-state index contributed by atoms with van der Waals surface area (Å²) in [6, 6.07) is 18.3. The molecule has 3 rings (SSSR count). The maximum atomic E-state index is 12.7. The topological polar surface area (TPSA) is 37.4 Å². The Kier molecular flexibility index (Phi) is 4.63. The first-order chi connectivity index (χ1) is 11.1. The lowest BCUT2D eigenvalue weighted by molar-refractivity contribution is 0.0825. The Labute approximate surface area is 140 Å². The molecule has 1 amide bonds. The lowest BCUT2D eigenvalue weighted by Crippen LogP contribution is -2.28. The molecule has 23 heavy (non-hydrogen) atoms. The molecule has 2 aromatic rings. The minimum absolute atomic E-state index is 0.0606. The Morgan fingerprint density at radius 1 is 1.00 bits per heavy atom. The smallest absolute Gasteiger partial charge is 0.258 e. The number of hydrogen-bond acceptors (Lipinski definition) is 3. The molecule has 0 N–H and O–H groups in total. The van der Waals surface area contributed by atoms with Crippen LogP contribution in [-0.2, 0) is 0 Å². The first-order valence-corrected chi connectivity index (χ1v) is 8.38. The Hall–Kier alpha value is -2.33. The molecule has 0 aromatic heterocycles. The molecule has 0 bridgehead atoms. The summed E-state index contributed by atoms with van der Waals surface area (Å²) in [6.45, 7) is 2.68. The minimum Gasteiger partial charge on any atom is -0.301 e. The zero-order valence-electron chi connectivity index (χ0n) is 12.8. The standard InChI is InChI=1S/C19H17NO2S/c1-14-13-20(19(22)16-10-6-3-7-11-16)18(23-14)12-17(21)15-8-4-2-5-9-15/h2-12,14H,13H2,1H3/b18-12-. The predicted molar refractivity (Wildman–Crippen MR) is 93.4 cm³/mol. The first kappa shape index (κ1) is 15.6. The van der Waals surface area contributed by atoms with Crippen molar-refractivity contribution < 1.29 is 9.59 Å². The van der Waals surface area contributed by atoms with E-state index in [1.54, 1.807) is 47.0 Å². The van der Waals surface area contributed by atoms with Gasteiger partial charge in [0.05, 0.1) is 5.03 Å². The van der Waals surface area contributed by atoms with E-state index in [-0.39, 0.29) is 16.9 Å². The summed E-state index contributed by atoms with van der Waals surface area (Å²) >= 11 is 1.56. The van der Waals surface area contributed by atoms with Gasteiger partial charge in [0.25, 0.3) is 5.91 Å². The number of rotatable bonds is 3. The Bertz CT molecular complexity index is 740. The van der Waals surface area contributed by atoms with Gasteiger partial charge in [0.2, 0.25) is 0 Å². The normalized spacial score (nSPS) is 19.1. The molecular formula is C19H17NO2S. The lowest BCUT2D eigenvalue weighted by Gasteiger charge is -2.17. The molecule has 1 aliphatic rings. The van der Waals surface area contributed by atoms with Gasteiger partial charge in [0.1, 0.15) is 0 Å². The molecule has 1 aliphatic heterocycles. The van der Waals surface area contributed by atoms with E-state index in [9.17, 15) is 9.59 Å².